The van der Waals surface area contributed by atoms with Crippen molar-refractivity contribution in [1.29, 1.82) is 5.26 Å². The standard InChI is InChI=1S/C20H27N7/c1-14(16-8-5-4-6-9-16)23-20(24-18-11-7-10-17(18)12-21)22-13-19-26-25-15(2)27(19)3/h4-6,8-9,14,17-18H,7,10-11,13H2,1-3H3,(H2,22,23,24). The maximum atomic E-state index is 9.38. The number of aryl methyl sites for hydroxylation is 1. The lowest BCUT2D eigenvalue weighted by molar-refractivity contribution is 0.525. The molecule has 0 spiro atoms. The number of aliphatic imine (C=N–C) groups is 1. The average molecular weight is 365 g/mol. The van der Waals surface area contributed by atoms with Crippen LogP contribution in [0.4, 0.5) is 0 Å². The first kappa shape index (κ1) is 18.9. The fraction of sp³-hybridized carbons (Fsp3) is 0.500. The molecular weight excluding hydrogens is 338 g/mol. The van der Waals surface area contributed by atoms with Gasteiger partial charge < -0.3 is 15.2 Å². The number of rotatable bonds is 5. The van der Waals surface area contributed by atoms with E-state index in [2.05, 4.69) is 46.0 Å². The first-order chi connectivity index (χ1) is 13.1. The third-order valence-corrected chi connectivity index (χ3v) is 5.22. The summed E-state index contributed by atoms with van der Waals surface area (Å²) in [6.45, 7) is 4.46. The van der Waals surface area contributed by atoms with E-state index in [-0.39, 0.29) is 18.0 Å². The van der Waals surface area contributed by atoms with Crippen LogP contribution in [0.1, 0.15) is 49.4 Å². The second-order valence-corrected chi connectivity index (χ2v) is 7.08. The Balaban J connectivity index is 1.76. The Morgan fingerprint density at radius 1 is 1.33 bits per heavy atom. The molecule has 1 aromatic heterocycles. The first-order valence-electron chi connectivity index (χ1n) is 9.45. The smallest absolute Gasteiger partial charge is 0.192 e. The Kier molecular flexibility index (Phi) is 6.07. The summed E-state index contributed by atoms with van der Waals surface area (Å²) in [5.74, 6) is 2.41. The molecule has 1 aromatic carbocycles. The fourth-order valence-electron chi connectivity index (χ4n) is 3.36. The van der Waals surface area contributed by atoms with Crippen LogP contribution in [0.2, 0.25) is 0 Å². The average Bonchev–Trinajstić information content (AvgIpc) is 3.27. The van der Waals surface area contributed by atoms with Gasteiger partial charge in [0.2, 0.25) is 0 Å². The van der Waals surface area contributed by atoms with Gasteiger partial charge in [0.15, 0.2) is 11.8 Å². The van der Waals surface area contributed by atoms with Crippen LogP contribution >= 0.6 is 0 Å². The molecule has 7 heteroatoms. The summed E-state index contributed by atoms with van der Waals surface area (Å²) in [5, 5.41) is 24.6. The molecule has 3 rings (SSSR count). The number of hydrogen-bond acceptors (Lipinski definition) is 4. The SMILES string of the molecule is Cc1nnc(CN=C(NC(C)c2ccccc2)NC2CCCC2C#N)n1C. The third kappa shape index (κ3) is 4.64. The van der Waals surface area contributed by atoms with Crippen LogP contribution in [0, 0.1) is 24.2 Å². The van der Waals surface area contributed by atoms with Crippen LogP contribution in [0.5, 0.6) is 0 Å². The quantitative estimate of drug-likeness (QED) is 0.628. The molecule has 27 heavy (non-hydrogen) atoms. The number of benzene rings is 1. The highest BCUT2D eigenvalue weighted by molar-refractivity contribution is 5.80. The molecule has 0 amide bonds. The van der Waals surface area contributed by atoms with Gasteiger partial charge in [-0.15, -0.1) is 10.2 Å². The topological polar surface area (TPSA) is 90.9 Å². The molecule has 1 fully saturated rings. The molecule has 1 heterocycles. The predicted octanol–water partition coefficient (Wildman–Crippen LogP) is 2.61. The van der Waals surface area contributed by atoms with E-state index in [0.29, 0.717) is 12.5 Å². The molecule has 0 bridgehead atoms. The molecular formula is C20H27N7. The van der Waals surface area contributed by atoms with Crippen molar-refractivity contribution < 1.29 is 0 Å². The summed E-state index contributed by atoms with van der Waals surface area (Å²) < 4.78 is 1.94. The van der Waals surface area contributed by atoms with Crippen molar-refractivity contribution in [2.24, 2.45) is 18.0 Å². The second kappa shape index (κ2) is 8.67. The molecule has 1 saturated carbocycles. The van der Waals surface area contributed by atoms with Crippen LogP contribution in [0.25, 0.3) is 0 Å². The van der Waals surface area contributed by atoms with Crippen LogP contribution < -0.4 is 10.6 Å². The highest BCUT2D eigenvalue weighted by atomic mass is 15.3. The normalized spacial score (nSPS) is 20.9. The van der Waals surface area contributed by atoms with Crippen molar-refractivity contribution in [3.8, 4) is 6.07 Å². The Bertz CT molecular complexity index is 819. The summed E-state index contributed by atoms with van der Waals surface area (Å²) in [5.41, 5.74) is 1.18. The highest BCUT2D eigenvalue weighted by Crippen LogP contribution is 2.25. The van der Waals surface area contributed by atoms with Crippen molar-refractivity contribution in [1.82, 2.24) is 25.4 Å². The maximum absolute atomic E-state index is 9.38. The Morgan fingerprint density at radius 3 is 2.78 bits per heavy atom. The number of aromatic nitrogens is 3. The van der Waals surface area contributed by atoms with Gasteiger partial charge in [-0.2, -0.15) is 5.26 Å². The molecule has 1 aliphatic rings. The van der Waals surface area contributed by atoms with Crippen LogP contribution in [0.15, 0.2) is 35.3 Å². The van der Waals surface area contributed by atoms with Crippen molar-refractivity contribution >= 4 is 5.96 Å². The van der Waals surface area contributed by atoms with Gasteiger partial charge in [-0.1, -0.05) is 30.3 Å². The highest BCUT2D eigenvalue weighted by Gasteiger charge is 2.28. The van der Waals surface area contributed by atoms with Crippen LogP contribution in [-0.4, -0.2) is 26.8 Å². The monoisotopic (exact) mass is 365 g/mol. The molecule has 0 saturated heterocycles. The zero-order valence-electron chi connectivity index (χ0n) is 16.2. The molecule has 1 aliphatic carbocycles. The minimum Gasteiger partial charge on any atom is -0.352 e. The number of guanidine groups is 1. The van der Waals surface area contributed by atoms with E-state index in [0.717, 1.165) is 30.9 Å². The molecule has 2 N–H and O–H groups in total. The van der Waals surface area contributed by atoms with Gasteiger partial charge >= 0.3 is 0 Å². The number of hydrogen-bond donors (Lipinski definition) is 2. The summed E-state index contributed by atoms with van der Waals surface area (Å²) >= 11 is 0. The number of nitriles is 1. The minimum atomic E-state index is 0.0288. The second-order valence-electron chi connectivity index (χ2n) is 7.08. The van der Waals surface area contributed by atoms with Gasteiger partial charge in [0.1, 0.15) is 12.4 Å². The van der Waals surface area contributed by atoms with Crippen molar-refractivity contribution in [2.45, 2.75) is 51.7 Å². The number of nitrogens with zero attached hydrogens (tertiary/aromatic N) is 5. The Morgan fingerprint density at radius 2 is 2.11 bits per heavy atom. The predicted molar refractivity (Wildman–Crippen MR) is 105 cm³/mol. The molecule has 142 valence electrons. The third-order valence-electron chi connectivity index (χ3n) is 5.22. The van der Waals surface area contributed by atoms with Gasteiger partial charge in [0.05, 0.1) is 18.0 Å². The first-order valence-corrected chi connectivity index (χ1v) is 9.45. The van der Waals surface area contributed by atoms with Gasteiger partial charge in [-0.25, -0.2) is 4.99 Å². The van der Waals surface area contributed by atoms with Gasteiger partial charge in [-0.3, -0.25) is 0 Å². The lowest BCUT2D eigenvalue weighted by atomic mass is 10.1. The number of nitrogens with one attached hydrogen (secondary N) is 2. The lowest BCUT2D eigenvalue weighted by Crippen LogP contribution is -2.45. The summed E-state index contributed by atoms with van der Waals surface area (Å²) in [4.78, 5) is 4.73. The van der Waals surface area contributed by atoms with Crippen molar-refractivity contribution in [3.63, 3.8) is 0 Å². The summed E-state index contributed by atoms with van der Waals surface area (Å²) in [7, 11) is 1.94. The van der Waals surface area contributed by atoms with Crippen LogP contribution in [-0.2, 0) is 13.6 Å². The maximum Gasteiger partial charge on any atom is 0.192 e. The Labute approximate surface area is 160 Å². The van der Waals surface area contributed by atoms with E-state index >= 15 is 0 Å². The van der Waals surface area contributed by atoms with Gasteiger partial charge in [-0.05, 0) is 38.7 Å². The van der Waals surface area contributed by atoms with Crippen molar-refractivity contribution in [3.05, 3.63) is 47.5 Å². The molecule has 0 aliphatic heterocycles. The zero-order chi connectivity index (χ0) is 19.2. The van der Waals surface area contributed by atoms with Gasteiger partial charge in [0.25, 0.3) is 0 Å². The summed E-state index contributed by atoms with van der Waals surface area (Å²) in [6, 6.07) is 12.9. The van der Waals surface area contributed by atoms with Crippen molar-refractivity contribution in [2.75, 3.05) is 0 Å². The van der Waals surface area contributed by atoms with E-state index in [4.69, 9.17) is 4.99 Å². The molecule has 3 atom stereocenters. The van der Waals surface area contributed by atoms with E-state index in [1.165, 1.54) is 5.56 Å². The largest absolute Gasteiger partial charge is 0.352 e. The minimum absolute atomic E-state index is 0.0288. The van der Waals surface area contributed by atoms with Gasteiger partial charge in [0, 0.05) is 13.1 Å². The lowest BCUT2D eigenvalue weighted by Gasteiger charge is -2.23. The van der Waals surface area contributed by atoms with E-state index in [1.54, 1.807) is 0 Å². The Hall–Kier alpha value is -2.88. The summed E-state index contributed by atoms with van der Waals surface area (Å²) in [6.07, 6.45) is 3.00. The molecule has 0 radical (unpaired) electrons. The molecule has 7 nitrogen and oxygen atoms in total. The zero-order valence-corrected chi connectivity index (χ0v) is 16.2. The molecule has 3 unspecified atom stereocenters. The van der Waals surface area contributed by atoms with E-state index < -0.39 is 0 Å². The molecule has 2 aromatic rings. The van der Waals surface area contributed by atoms with E-state index in [1.807, 2.05) is 36.7 Å². The van der Waals surface area contributed by atoms with E-state index in [9.17, 15) is 5.26 Å². The van der Waals surface area contributed by atoms with Crippen LogP contribution in [0.3, 0.4) is 0 Å². The fourth-order valence-corrected chi connectivity index (χ4v) is 3.36.